The number of rotatable bonds is 5. The number of ether oxygens (including phenoxy) is 2. The van der Waals surface area contributed by atoms with Crippen molar-refractivity contribution in [3.8, 4) is 0 Å². The summed E-state index contributed by atoms with van der Waals surface area (Å²) < 4.78 is 11.9. The Morgan fingerprint density at radius 3 is 2.33 bits per heavy atom. The van der Waals surface area contributed by atoms with Crippen LogP contribution in [-0.2, 0) is 9.47 Å². The molecule has 0 N–H and O–H groups in total. The van der Waals surface area contributed by atoms with Gasteiger partial charge in [0.15, 0.2) is 5.79 Å². The lowest BCUT2D eigenvalue weighted by Crippen LogP contribution is -2.26. The molecule has 2 nitrogen and oxygen atoms in total. The molecule has 1 heterocycles. The van der Waals surface area contributed by atoms with Gasteiger partial charge < -0.3 is 9.47 Å². The Hall–Kier alpha value is -0.0800. The highest BCUT2D eigenvalue weighted by molar-refractivity contribution is 4.86. The van der Waals surface area contributed by atoms with E-state index in [-0.39, 0.29) is 5.79 Å². The Morgan fingerprint density at radius 2 is 1.78 bits per heavy atom. The highest BCUT2D eigenvalue weighted by atomic mass is 16.7. The van der Waals surface area contributed by atoms with Crippen LogP contribution in [0.2, 0.25) is 0 Å². The summed E-state index contributed by atoms with van der Waals surface area (Å²) in [6.07, 6.45) is 8.04. The molecule has 1 saturated carbocycles. The van der Waals surface area contributed by atoms with E-state index < -0.39 is 0 Å². The molecule has 0 spiro atoms. The van der Waals surface area contributed by atoms with Gasteiger partial charge in [-0.2, -0.15) is 0 Å². The third-order valence-electron chi connectivity index (χ3n) is 5.24. The summed E-state index contributed by atoms with van der Waals surface area (Å²) in [7, 11) is 0. The highest BCUT2D eigenvalue weighted by Crippen LogP contribution is 2.43. The van der Waals surface area contributed by atoms with Crippen LogP contribution in [0.3, 0.4) is 0 Å². The predicted octanol–water partition coefficient (Wildman–Crippen LogP) is 4.38. The Labute approximate surface area is 112 Å². The highest BCUT2D eigenvalue weighted by Gasteiger charge is 2.39. The van der Waals surface area contributed by atoms with E-state index in [0.29, 0.717) is 6.10 Å². The van der Waals surface area contributed by atoms with Gasteiger partial charge in [-0.3, -0.25) is 0 Å². The van der Waals surface area contributed by atoms with Crippen LogP contribution in [0.15, 0.2) is 0 Å². The molecule has 0 bridgehead atoms. The molecule has 0 amide bonds. The molecular weight excluding hydrogens is 224 g/mol. The van der Waals surface area contributed by atoms with E-state index in [1.165, 1.54) is 32.1 Å². The quantitative estimate of drug-likeness (QED) is 0.725. The van der Waals surface area contributed by atoms with Crippen molar-refractivity contribution in [2.45, 2.75) is 78.1 Å². The molecule has 18 heavy (non-hydrogen) atoms. The van der Waals surface area contributed by atoms with E-state index in [9.17, 15) is 0 Å². The predicted molar refractivity (Wildman–Crippen MR) is 74.4 cm³/mol. The largest absolute Gasteiger partial charge is 0.348 e. The van der Waals surface area contributed by atoms with Crippen molar-refractivity contribution in [3.63, 3.8) is 0 Å². The van der Waals surface area contributed by atoms with Crippen LogP contribution >= 0.6 is 0 Å². The average Bonchev–Trinajstić information content (AvgIpc) is 2.94. The second-order valence-electron chi connectivity index (χ2n) is 6.45. The van der Waals surface area contributed by atoms with E-state index in [1.54, 1.807) is 0 Å². The molecule has 0 aromatic carbocycles. The Balaban J connectivity index is 1.86. The van der Waals surface area contributed by atoms with Gasteiger partial charge in [0.05, 0.1) is 12.7 Å². The fourth-order valence-corrected chi connectivity index (χ4v) is 3.79. The minimum atomic E-state index is -0.310. The van der Waals surface area contributed by atoms with Crippen molar-refractivity contribution in [1.82, 2.24) is 0 Å². The molecular formula is C16H30O2. The standard InChI is InChI=1S/C16H30O2/c1-5-12-8-13(6-2)14(9-12)10-15-11-17-16(4,7-3)18-15/h12-15H,5-11H2,1-4H3. The molecule has 2 fully saturated rings. The maximum atomic E-state index is 6.10. The number of hydrogen-bond donors (Lipinski definition) is 0. The zero-order valence-electron chi connectivity index (χ0n) is 12.6. The van der Waals surface area contributed by atoms with Gasteiger partial charge in [-0.25, -0.2) is 0 Å². The third-order valence-corrected chi connectivity index (χ3v) is 5.24. The van der Waals surface area contributed by atoms with Crippen molar-refractivity contribution in [2.24, 2.45) is 17.8 Å². The van der Waals surface area contributed by atoms with E-state index in [2.05, 4.69) is 27.7 Å². The van der Waals surface area contributed by atoms with Gasteiger partial charge >= 0.3 is 0 Å². The topological polar surface area (TPSA) is 18.5 Å². The third kappa shape index (κ3) is 3.08. The molecule has 2 rings (SSSR count). The first kappa shape index (κ1) is 14.3. The van der Waals surface area contributed by atoms with Crippen molar-refractivity contribution < 1.29 is 9.47 Å². The summed E-state index contributed by atoms with van der Waals surface area (Å²) in [5, 5.41) is 0. The van der Waals surface area contributed by atoms with Crippen LogP contribution in [0.1, 0.15) is 66.2 Å². The van der Waals surface area contributed by atoms with E-state index in [4.69, 9.17) is 9.47 Å². The van der Waals surface area contributed by atoms with Crippen molar-refractivity contribution in [2.75, 3.05) is 6.61 Å². The zero-order chi connectivity index (χ0) is 13.2. The first-order chi connectivity index (χ1) is 8.60. The van der Waals surface area contributed by atoms with Gasteiger partial charge in [0, 0.05) is 0 Å². The summed E-state index contributed by atoms with van der Waals surface area (Å²) in [5.74, 6) is 2.44. The van der Waals surface area contributed by atoms with Crippen molar-refractivity contribution >= 4 is 0 Å². The molecule has 2 heteroatoms. The van der Waals surface area contributed by atoms with Gasteiger partial charge in [0.2, 0.25) is 0 Å². The monoisotopic (exact) mass is 254 g/mol. The van der Waals surface area contributed by atoms with Crippen molar-refractivity contribution in [1.29, 1.82) is 0 Å². The minimum absolute atomic E-state index is 0.310. The SMILES string of the molecule is CCC1CC(CC)C(CC2COC(C)(CC)O2)C1. The molecule has 5 atom stereocenters. The molecule has 0 aromatic rings. The summed E-state index contributed by atoms with van der Waals surface area (Å²) in [6, 6.07) is 0. The fraction of sp³-hybridized carbons (Fsp3) is 1.00. The molecule has 2 aliphatic rings. The van der Waals surface area contributed by atoms with E-state index in [0.717, 1.165) is 30.8 Å². The lowest BCUT2D eigenvalue weighted by Gasteiger charge is -2.24. The molecule has 106 valence electrons. The van der Waals surface area contributed by atoms with Gasteiger partial charge in [-0.1, -0.05) is 33.6 Å². The van der Waals surface area contributed by atoms with Crippen LogP contribution in [0.25, 0.3) is 0 Å². The Morgan fingerprint density at radius 1 is 1.06 bits per heavy atom. The molecule has 0 aromatic heterocycles. The second kappa shape index (κ2) is 5.92. The van der Waals surface area contributed by atoms with Gasteiger partial charge in [-0.15, -0.1) is 0 Å². The minimum Gasteiger partial charge on any atom is -0.348 e. The van der Waals surface area contributed by atoms with Gasteiger partial charge in [-0.05, 0) is 50.4 Å². The zero-order valence-corrected chi connectivity index (χ0v) is 12.6. The van der Waals surface area contributed by atoms with Crippen molar-refractivity contribution in [3.05, 3.63) is 0 Å². The molecule has 1 aliphatic carbocycles. The fourth-order valence-electron chi connectivity index (χ4n) is 3.79. The summed E-state index contributed by atoms with van der Waals surface area (Å²) in [4.78, 5) is 0. The van der Waals surface area contributed by atoms with Gasteiger partial charge in [0.25, 0.3) is 0 Å². The van der Waals surface area contributed by atoms with Crippen LogP contribution in [0.4, 0.5) is 0 Å². The molecule has 5 unspecified atom stereocenters. The number of hydrogen-bond acceptors (Lipinski definition) is 2. The maximum absolute atomic E-state index is 6.10. The normalized spacial score (nSPS) is 44.7. The first-order valence-electron chi connectivity index (χ1n) is 7.92. The van der Waals surface area contributed by atoms with E-state index in [1.807, 2.05) is 0 Å². The van der Waals surface area contributed by atoms with Crippen LogP contribution in [0, 0.1) is 17.8 Å². The van der Waals surface area contributed by atoms with Crippen LogP contribution in [-0.4, -0.2) is 18.5 Å². The maximum Gasteiger partial charge on any atom is 0.165 e. The van der Waals surface area contributed by atoms with Gasteiger partial charge in [0.1, 0.15) is 0 Å². The Kier molecular flexibility index (Phi) is 4.71. The Bertz CT molecular complexity index is 266. The molecule has 1 saturated heterocycles. The summed E-state index contributed by atoms with van der Waals surface area (Å²) in [6.45, 7) is 9.70. The van der Waals surface area contributed by atoms with Crippen LogP contribution < -0.4 is 0 Å². The lowest BCUT2D eigenvalue weighted by atomic mass is 9.89. The summed E-state index contributed by atoms with van der Waals surface area (Å²) >= 11 is 0. The molecule has 1 aliphatic heterocycles. The first-order valence-corrected chi connectivity index (χ1v) is 7.92. The smallest absolute Gasteiger partial charge is 0.165 e. The second-order valence-corrected chi connectivity index (χ2v) is 6.45. The lowest BCUT2D eigenvalue weighted by molar-refractivity contribution is -0.157. The molecule has 0 radical (unpaired) electrons. The van der Waals surface area contributed by atoms with Crippen LogP contribution in [0.5, 0.6) is 0 Å². The van der Waals surface area contributed by atoms with E-state index >= 15 is 0 Å². The average molecular weight is 254 g/mol. The summed E-state index contributed by atoms with van der Waals surface area (Å²) in [5.41, 5.74) is 0.